The summed E-state index contributed by atoms with van der Waals surface area (Å²) in [6.07, 6.45) is 0.902. The SMILES string of the molecule is CNCc1cc(S(=O)(=O)NCC2CCOC2C)ccc1F. The molecule has 0 spiro atoms. The zero-order chi connectivity index (χ0) is 15.5. The second kappa shape index (κ2) is 6.83. The maximum Gasteiger partial charge on any atom is 0.240 e. The number of halogens is 1. The van der Waals surface area contributed by atoms with Crippen LogP contribution in [0.1, 0.15) is 18.9 Å². The molecule has 1 aliphatic rings. The van der Waals surface area contributed by atoms with Crippen LogP contribution in [0.4, 0.5) is 4.39 Å². The molecule has 118 valence electrons. The van der Waals surface area contributed by atoms with E-state index < -0.39 is 15.8 Å². The van der Waals surface area contributed by atoms with Crippen molar-refractivity contribution in [3.63, 3.8) is 0 Å². The summed E-state index contributed by atoms with van der Waals surface area (Å²) in [5.41, 5.74) is 0.331. The van der Waals surface area contributed by atoms with Crippen molar-refractivity contribution in [3.8, 4) is 0 Å². The Kier molecular flexibility index (Phi) is 5.32. The van der Waals surface area contributed by atoms with Crippen LogP contribution < -0.4 is 10.0 Å². The average Bonchev–Trinajstić information content (AvgIpc) is 2.85. The first kappa shape index (κ1) is 16.4. The summed E-state index contributed by atoms with van der Waals surface area (Å²) in [5, 5.41) is 2.81. The predicted molar refractivity (Wildman–Crippen MR) is 77.9 cm³/mol. The molecule has 0 amide bonds. The Balaban J connectivity index is 2.10. The predicted octanol–water partition coefficient (Wildman–Crippen LogP) is 1.25. The van der Waals surface area contributed by atoms with E-state index in [1.807, 2.05) is 6.92 Å². The van der Waals surface area contributed by atoms with E-state index in [0.29, 0.717) is 18.7 Å². The van der Waals surface area contributed by atoms with E-state index in [-0.39, 0.29) is 23.5 Å². The molecule has 2 rings (SSSR count). The maximum atomic E-state index is 13.6. The molecule has 21 heavy (non-hydrogen) atoms. The molecule has 2 atom stereocenters. The minimum atomic E-state index is -3.63. The summed E-state index contributed by atoms with van der Waals surface area (Å²) >= 11 is 0. The molecule has 5 nitrogen and oxygen atoms in total. The van der Waals surface area contributed by atoms with E-state index in [2.05, 4.69) is 10.0 Å². The van der Waals surface area contributed by atoms with Gasteiger partial charge < -0.3 is 10.1 Å². The second-order valence-corrected chi connectivity index (χ2v) is 7.03. The van der Waals surface area contributed by atoms with Crippen LogP contribution in [0.2, 0.25) is 0 Å². The van der Waals surface area contributed by atoms with Gasteiger partial charge in [0.2, 0.25) is 10.0 Å². The summed E-state index contributed by atoms with van der Waals surface area (Å²) in [7, 11) is -1.95. The van der Waals surface area contributed by atoms with Crippen LogP contribution >= 0.6 is 0 Å². The molecule has 0 aromatic heterocycles. The van der Waals surface area contributed by atoms with Gasteiger partial charge in [0.05, 0.1) is 11.0 Å². The van der Waals surface area contributed by atoms with Crippen LogP contribution in [-0.2, 0) is 21.3 Å². The first-order valence-electron chi connectivity index (χ1n) is 6.98. The van der Waals surface area contributed by atoms with Gasteiger partial charge in [0.1, 0.15) is 5.82 Å². The topological polar surface area (TPSA) is 67.4 Å². The van der Waals surface area contributed by atoms with Crippen molar-refractivity contribution in [3.05, 3.63) is 29.6 Å². The first-order valence-corrected chi connectivity index (χ1v) is 8.46. The quantitative estimate of drug-likeness (QED) is 0.829. The Hall–Kier alpha value is -1.02. The van der Waals surface area contributed by atoms with Crippen LogP contribution in [0.15, 0.2) is 23.1 Å². The van der Waals surface area contributed by atoms with Gasteiger partial charge in [-0.2, -0.15) is 0 Å². The number of hydrogen-bond acceptors (Lipinski definition) is 4. The summed E-state index contributed by atoms with van der Waals surface area (Å²) in [6.45, 7) is 3.22. The molecule has 1 saturated heterocycles. The van der Waals surface area contributed by atoms with Crippen molar-refractivity contribution in [2.45, 2.75) is 30.9 Å². The Morgan fingerprint density at radius 3 is 2.81 bits per heavy atom. The van der Waals surface area contributed by atoms with Crippen molar-refractivity contribution < 1.29 is 17.5 Å². The highest BCUT2D eigenvalue weighted by Gasteiger charge is 2.26. The van der Waals surface area contributed by atoms with E-state index >= 15 is 0 Å². The van der Waals surface area contributed by atoms with Gasteiger partial charge in [0.15, 0.2) is 0 Å². The molecule has 0 saturated carbocycles. The standard InChI is InChI=1S/C14H21FN2O3S/c1-10-11(5-6-20-10)9-17-21(18,19)13-3-4-14(15)12(7-13)8-16-2/h3-4,7,10-11,16-17H,5-6,8-9H2,1-2H3. The molecule has 0 aliphatic carbocycles. The molecule has 7 heteroatoms. The Bertz CT molecular complexity index is 592. The lowest BCUT2D eigenvalue weighted by molar-refractivity contribution is 0.107. The molecular formula is C14H21FN2O3S. The summed E-state index contributed by atoms with van der Waals surface area (Å²) in [4.78, 5) is 0.0840. The van der Waals surface area contributed by atoms with Gasteiger partial charge >= 0.3 is 0 Å². The Labute approximate surface area is 124 Å². The Morgan fingerprint density at radius 2 is 2.19 bits per heavy atom. The van der Waals surface area contributed by atoms with Crippen molar-refractivity contribution in [2.24, 2.45) is 5.92 Å². The molecule has 2 unspecified atom stereocenters. The molecular weight excluding hydrogens is 295 g/mol. The largest absolute Gasteiger partial charge is 0.378 e. The van der Waals surface area contributed by atoms with E-state index in [0.717, 1.165) is 6.42 Å². The van der Waals surface area contributed by atoms with Crippen LogP contribution in [0.5, 0.6) is 0 Å². The maximum absolute atomic E-state index is 13.6. The van der Waals surface area contributed by atoms with Crippen molar-refractivity contribution in [1.29, 1.82) is 0 Å². The zero-order valence-corrected chi connectivity index (χ0v) is 13.0. The van der Waals surface area contributed by atoms with Crippen LogP contribution in [0.3, 0.4) is 0 Å². The summed E-state index contributed by atoms with van der Waals surface area (Å²) in [6, 6.07) is 3.83. The number of ether oxygens (including phenoxy) is 1. The van der Waals surface area contributed by atoms with Crippen LogP contribution in [-0.4, -0.2) is 34.7 Å². The van der Waals surface area contributed by atoms with Gasteiger partial charge in [-0.1, -0.05) is 0 Å². The lowest BCUT2D eigenvalue weighted by Crippen LogP contribution is -2.32. The first-order chi connectivity index (χ1) is 9.94. The lowest BCUT2D eigenvalue weighted by Gasteiger charge is -2.15. The molecule has 1 aliphatic heterocycles. The summed E-state index contributed by atoms with van der Waals surface area (Å²) in [5.74, 6) is -0.238. The van der Waals surface area contributed by atoms with Gasteiger partial charge in [0, 0.05) is 31.2 Å². The van der Waals surface area contributed by atoms with Gasteiger partial charge in [-0.25, -0.2) is 17.5 Å². The zero-order valence-electron chi connectivity index (χ0n) is 12.2. The molecule has 1 aromatic rings. The third-order valence-corrected chi connectivity index (χ3v) is 5.18. The molecule has 1 heterocycles. The number of rotatable bonds is 6. The highest BCUT2D eigenvalue weighted by Crippen LogP contribution is 2.21. The molecule has 0 radical (unpaired) electrons. The fourth-order valence-corrected chi connectivity index (χ4v) is 3.53. The smallest absolute Gasteiger partial charge is 0.240 e. The normalized spacial score (nSPS) is 22.6. The van der Waals surface area contributed by atoms with E-state index in [4.69, 9.17) is 4.74 Å². The van der Waals surface area contributed by atoms with E-state index in [1.54, 1.807) is 7.05 Å². The van der Waals surface area contributed by atoms with Gasteiger partial charge in [-0.15, -0.1) is 0 Å². The third-order valence-electron chi connectivity index (χ3n) is 3.76. The number of hydrogen-bond donors (Lipinski definition) is 2. The average molecular weight is 316 g/mol. The van der Waals surface area contributed by atoms with Crippen molar-refractivity contribution in [2.75, 3.05) is 20.2 Å². The highest BCUT2D eigenvalue weighted by molar-refractivity contribution is 7.89. The number of sulfonamides is 1. The van der Waals surface area contributed by atoms with Gasteiger partial charge in [0.25, 0.3) is 0 Å². The van der Waals surface area contributed by atoms with Gasteiger partial charge in [-0.3, -0.25) is 0 Å². The molecule has 0 bridgehead atoms. The molecule has 1 fully saturated rings. The van der Waals surface area contributed by atoms with Gasteiger partial charge in [-0.05, 0) is 38.6 Å². The molecule has 2 N–H and O–H groups in total. The molecule has 1 aromatic carbocycles. The number of benzene rings is 1. The van der Waals surface area contributed by atoms with Crippen molar-refractivity contribution in [1.82, 2.24) is 10.0 Å². The minimum Gasteiger partial charge on any atom is -0.378 e. The Morgan fingerprint density at radius 1 is 1.43 bits per heavy atom. The third kappa shape index (κ3) is 4.00. The van der Waals surface area contributed by atoms with Crippen LogP contribution in [0.25, 0.3) is 0 Å². The highest BCUT2D eigenvalue weighted by atomic mass is 32.2. The van der Waals surface area contributed by atoms with E-state index in [1.165, 1.54) is 18.2 Å². The van der Waals surface area contributed by atoms with Crippen molar-refractivity contribution >= 4 is 10.0 Å². The second-order valence-electron chi connectivity index (χ2n) is 5.26. The number of nitrogens with one attached hydrogen (secondary N) is 2. The van der Waals surface area contributed by atoms with E-state index in [9.17, 15) is 12.8 Å². The monoisotopic (exact) mass is 316 g/mol. The van der Waals surface area contributed by atoms with Crippen LogP contribution in [0, 0.1) is 11.7 Å². The fourth-order valence-electron chi connectivity index (χ4n) is 2.39. The fraction of sp³-hybridized carbons (Fsp3) is 0.571. The minimum absolute atomic E-state index is 0.0563. The summed E-state index contributed by atoms with van der Waals surface area (Å²) < 4.78 is 46.1. The lowest BCUT2D eigenvalue weighted by atomic mass is 10.0.